The normalized spacial score (nSPS) is 44.7. The van der Waals surface area contributed by atoms with E-state index in [1.165, 1.54) is 6.42 Å². The first kappa shape index (κ1) is 17.4. The minimum Gasteiger partial charge on any atom is -0.459 e. The number of carbonyl (C=O) groups excluding carboxylic acids is 1. The van der Waals surface area contributed by atoms with Crippen molar-refractivity contribution >= 4 is 5.97 Å². The molecule has 0 amide bonds. The second kappa shape index (κ2) is 4.61. The summed E-state index contributed by atoms with van der Waals surface area (Å²) in [5, 5.41) is 11.8. The fourth-order valence-electron chi connectivity index (χ4n) is 9.55. The number of hydrogen-bond acceptors (Lipinski definition) is 4. The highest BCUT2D eigenvalue weighted by Crippen LogP contribution is 3.00. The van der Waals surface area contributed by atoms with Gasteiger partial charge in [-0.15, -0.1) is 0 Å². The molecule has 2 aliphatic heterocycles. The van der Waals surface area contributed by atoms with Crippen molar-refractivity contribution in [1.82, 2.24) is 0 Å². The highest BCUT2D eigenvalue weighted by Gasteiger charge is 3.15. The number of benzene rings is 2. The van der Waals surface area contributed by atoms with E-state index in [0.29, 0.717) is 28.7 Å². The topological polar surface area (TPSA) is 55.8 Å². The molecule has 0 aromatic heterocycles. The lowest BCUT2D eigenvalue weighted by Crippen LogP contribution is -2.72. The molecule has 4 aliphatic carbocycles. The standard InChI is InChI=1S/C26H26NO4/c1-27(2)20-11-15(12-23(20)24-13-21(24)30-14-25(23,24)27)31-22(28)26(29)18-9-5-3-7-16(18)17-8-4-6-10-19(17)26/h3-10,15,20-21,29H,11-14H2,1-2H3/q+1/t15-,20?,21?,23?,24?,25?/m0/s1. The molecule has 2 aromatic carbocycles. The van der Waals surface area contributed by atoms with E-state index in [4.69, 9.17) is 9.47 Å². The highest BCUT2D eigenvalue weighted by molar-refractivity contribution is 5.96. The third-order valence-electron chi connectivity index (χ3n) is 10.5. The van der Waals surface area contributed by atoms with E-state index in [9.17, 15) is 9.90 Å². The number of ether oxygens (including phenoxy) is 2. The van der Waals surface area contributed by atoms with Crippen LogP contribution in [0.1, 0.15) is 30.4 Å². The fourth-order valence-corrected chi connectivity index (χ4v) is 9.55. The van der Waals surface area contributed by atoms with Crippen LogP contribution in [0.25, 0.3) is 11.1 Å². The lowest BCUT2D eigenvalue weighted by Gasteiger charge is -2.55. The molecule has 5 heteroatoms. The van der Waals surface area contributed by atoms with Gasteiger partial charge in [-0.25, -0.2) is 4.79 Å². The second-order valence-corrected chi connectivity index (χ2v) is 11.1. The van der Waals surface area contributed by atoms with Crippen LogP contribution in [0, 0.1) is 10.8 Å². The summed E-state index contributed by atoms with van der Waals surface area (Å²) >= 11 is 0. The number of nitrogens with zero attached hydrogens (tertiary/aromatic N) is 1. The van der Waals surface area contributed by atoms with Crippen LogP contribution in [0.15, 0.2) is 48.5 Å². The van der Waals surface area contributed by atoms with Crippen LogP contribution in [0.4, 0.5) is 0 Å². The molecule has 0 bridgehead atoms. The molecule has 2 saturated heterocycles. The minimum absolute atomic E-state index is 0.139. The monoisotopic (exact) mass is 416 g/mol. The molecule has 8 rings (SSSR count). The molecule has 158 valence electrons. The van der Waals surface area contributed by atoms with Gasteiger partial charge in [-0.3, -0.25) is 0 Å². The Labute approximate surface area is 181 Å². The maximum Gasteiger partial charge on any atom is 0.348 e. The van der Waals surface area contributed by atoms with Crippen LogP contribution >= 0.6 is 0 Å². The van der Waals surface area contributed by atoms with Gasteiger partial charge < -0.3 is 19.1 Å². The Bertz CT molecular complexity index is 1180. The number of esters is 1. The maximum absolute atomic E-state index is 13.6. The molecule has 2 heterocycles. The SMILES string of the molecule is C[N+]1(C)C2C[C@H](OC(=O)C3(O)c4ccccc4-c4ccccc43)CC23C24CC2OCC431. The molecule has 3 spiro atoms. The molecular formula is C26H26NO4+. The summed E-state index contributed by atoms with van der Waals surface area (Å²) in [5.41, 5.74) is 2.19. The van der Waals surface area contributed by atoms with Gasteiger partial charge in [-0.05, 0) is 17.5 Å². The van der Waals surface area contributed by atoms with Crippen molar-refractivity contribution in [3.63, 3.8) is 0 Å². The molecule has 5 unspecified atom stereocenters. The molecule has 2 aromatic rings. The number of likely N-dealkylation sites (tertiary alicyclic amines) is 1. The number of carbonyl (C=O) groups is 1. The Hall–Kier alpha value is -2.21. The third kappa shape index (κ3) is 1.38. The van der Waals surface area contributed by atoms with E-state index in [2.05, 4.69) is 14.1 Å². The molecule has 6 aliphatic rings. The van der Waals surface area contributed by atoms with Crippen LogP contribution in [-0.2, 0) is 19.9 Å². The molecule has 5 nitrogen and oxygen atoms in total. The van der Waals surface area contributed by atoms with Crippen molar-refractivity contribution in [2.45, 2.75) is 48.7 Å². The van der Waals surface area contributed by atoms with Crippen molar-refractivity contribution < 1.29 is 23.9 Å². The summed E-state index contributed by atoms with van der Waals surface area (Å²) in [5.74, 6) is -0.529. The molecule has 31 heavy (non-hydrogen) atoms. The molecule has 5 fully saturated rings. The zero-order chi connectivity index (χ0) is 21.0. The molecule has 3 saturated carbocycles. The Morgan fingerprint density at radius 1 is 1.03 bits per heavy atom. The third-order valence-corrected chi connectivity index (χ3v) is 10.5. The van der Waals surface area contributed by atoms with Crippen LogP contribution in [0.2, 0.25) is 0 Å². The van der Waals surface area contributed by atoms with Crippen LogP contribution in [0.3, 0.4) is 0 Å². The van der Waals surface area contributed by atoms with Gasteiger partial charge in [0, 0.05) is 24.0 Å². The smallest absolute Gasteiger partial charge is 0.348 e. The van der Waals surface area contributed by atoms with Gasteiger partial charge in [0.1, 0.15) is 24.3 Å². The Morgan fingerprint density at radius 2 is 1.68 bits per heavy atom. The van der Waals surface area contributed by atoms with E-state index >= 15 is 0 Å². The number of likely N-dealkylation sites (N-methyl/N-ethyl adjacent to an activating group) is 1. The van der Waals surface area contributed by atoms with E-state index in [0.717, 1.165) is 35.1 Å². The number of quaternary nitrogens is 1. The van der Waals surface area contributed by atoms with Gasteiger partial charge in [-0.1, -0.05) is 48.5 Å². The summed E-state index contributed by atoms with van der Waals surface area (Å²) in [4.78, 5) is 13.6. The van der Waals surface area contributed by atoms with E-state index in [1.54, 1.807) is 0 Å². The number of hydrogen-bond donors (Lipinski definition) is 1. The van der Waals surface area contributed by atoms with Gasteiger partial charge in [0.2, 0.25) is 5.60 Å². The van der Waals surface area contributed by atoms with E-state index in [1.807, 2.05) is 48.5 Å². The van der Waals surface area contributed by atoms with E-state index in [-0.39, 0.29) is 17.1 Å². The summed E-state index contributed by atoms with van der Waals surface area (Å²) in [7, 11) is 4.67. The molecule has 0 radical (unpaired) electrons. The van der Waals surface area contributed by atoms with E-state index < -0.39 is 11.6 Å². The first-order valence-electron chi connectivity index (χ1n) is 11.4. The lowest BCUT2D eigenvalue weighted by molar-refractivity contribution is -0.995. The van der Waals surface area contributed by atoms with Crippen molar-refractivity contribution in [3.8, 4) is 11.1 Å². The van der Waals surface area contributed by atoms with Gasteiger partial charge >= 0.3 is 5.97 Å². The summed E-state index contributed by atoms with van der Waals surface area (Å²) in [6, 6.07) is 15.8. The predicted molar refractivity (Wildman–Crippen MR) is 112 cm³/mol. The largest absolute Gasteiger partial charge is 0.459 e. The van der Waals surface area contributed by atoms with Crippen molar-refractivity contribution in [2.75, 3.05) is 20.7 Å². The zero-order valence-corrected chi connectivity index (χ0v) is 17.8. The number of rotatable bonds is 2. The van der Waals surface area contributed by atoms with Gasteiger partial charge in [0.05, 0.1) is 31.0 Å². The average molecular weight is 416 g/mol. The Balaban J connectivity index is 1.14. The zero-order valence-electron chi connectivity index (χ0n) is 17.8. The molecule has 6 atom stereocenters. The fraction of sp³-hybridized carbons (Fsp3) is 0.500. The quantitative estimate of drug-likeness (QED) is 0.604. The first-order chi connectivity index (χ1) is 14.9. The van der Waals surface area contributed by atoms with Crippen molar-refractivity contribution in [2.24, 2.45) is 10.8 Å². The van der Waals surface area contributed by atoms with Crippen LogP contribution in [0.5, 0.6) is 0 Å². The first-order valence-corrected chi connectivity index (χ1v) is 11.4. The minimum atomic E-state index is -1.74. The summed E-state index contributed by atoms with van der Waals surface area (Å²) in [6.07, 6.45) is 3.26. The van der Waals surface area contributed by atoms with Crippen LogP contribution in [-0.4, -0.2) is 60.0 Å². The maximum atomic E-state index is 13.6. The number of aliphatic hydroxyl groups is 1. The summed E-state index contributed by atoms with van der Waals surface area (Å²) < 4.78 is 13.2. The predicted octanol–water partition coefficient (Wildman–Crippen LogP) is 2.59. The van der Waals surface area contributed by atoms with Gasteiger partial charge in [0.25, 0.3) is 0 Å². The van der Waals surface area contributed by atoms with Gasteiger partial charge in [0.15, 0.2) is 0 Å². The number of fused-ring (bicyclic) bond motifs is 3. The Morgan fingerprint density at radius 3 is 2.29 bits per heavy atom. The van der Waals surface area contributed by atoms with Crippen molar-refractivity contribution in [3.05, 3.63) is 59.7 Å². The summed E-state index contributed by atoms with van der Waals surface area (Å²) in [6.45, 7) is 0.854. The highest BCUT2D eigenvalue weighted by atomic mass is 16.6. The molecule has 1 N–H and O–H groups in total. The van der Waals surface area contributed by atoms with Crippen LogP contribution < -0.4 is 0 Å². The van der Waals surface area contributed by atoms with Gasteiger partial charge in [-0.2, -0.15) is 0 Å². The lowest BCUT2D eigenvalue weighted by atomic mass is 9.79. The average Bonchev–Trinajstić information content (AvgIpc) is 3.39. The second-order valence-electron chi connectivity index (χ2n) is 11.1. The Kier molecular flexibility index (Phi) is 2.58. The molecular weight excluding hydrogens is 390 g/mol. The van der Waals surface area contributed by atoms with Crippen molar-refractivity contribution in [1.29, 1.82) is 0 Å².